The lowest BCUT2D eigenvalue weighted by molar-refractivity contribution is 0.306. The molecule has 2 aromatic carbocycles. The maximum absolute atomic E-state index is 13.3. The van der Waals surface area contributed by atoms with E-state index in [4.69, 9.17) is 16.0 Å². The Morgan fingerprint density at radius 2 is 1.96 bits per heavy atom. The predicted octanol–water partition coefficient (Wildman–Crippen LogP) is 4.95. The van der Waals surface area contributed by atoms with Crippen molar-refractivity contribution < 1.29 is 8.81 Å². The second kappa shape index (κ2) is 7.13. The van der Waals surface area contributed by atoms with Gasteiger partial charge in [0.1, 0.15) is 17.4 Å². The van der Waals surface area contributed by atoms with Gasteiger partial charge in [-0.3, -0.25) is 4.90 Å². The van der Waals surface area contributed by atoms with Crippen molar-refractivity contribution in [1.29, 1.82) is 0 Å². The molecule has 5 nitrogen and oxygen atoms in total. The summed E-state index contributed by atoms with van der Waals surface area (Å²) in [5.74, 6) is 1.76. The summed E-state index contributed by atoms with van der Waals surface area (Å²) >= 11 is 6.23. The van der Waals surface area contributed by atoms with Gasteiger partial charge in [-0.2, -0.15) is 0 Å². The Bertz CT molecular complexity index is 1100. The number of nitrogens with one attached hydrogen (secondary N) is 1. The standard InChI is InChI=1S/C20H18ClFN4O/c1-12-18(25-20(27-12)14-5-3-4-6-15(14)21)10-26(2)11-19-23-16-8-7-13(22)9-17(16)24-19/h3-9H,10-11H2,1-2H3,(H,23,24). The molecule has 27 heavy (non-hydrogen) atoms. The van der Waals surface area contributed by atoms with Crippen molar-refractivity contribution >= 4 is 22.6 Å². The fraction of sp³-hybridized carbons (Fsp3) is 0.200. The summed E-state index contributed by atoms with van der Waals surface area (Å²) < 4.78 is 19.1. The van der Waals surface area contributed by atoms with Gasteiger partial charge in [0, 0.05) is 6.54 Å². The molecule has 0 aliphatic heterocycles. The maximum atomic E-state index is 13.3. The Morgan fingerprint density at radius 3 is 2.78 bits per heavy atom. The summed E-state index contributed by atoms with van der Waals surface area (Å²) in [4.78, 5) is 14.3. The third-order valence-corrected chi connectivity index (χ3v) is 4.66. The maximum Gasteiger partial charge on any atom is 0.228 e. The number of aryl methyl sites for hydroxylation is 1. The highest BCUT2D eigenvalue weighted by Gasteiger charge is 2.16. The van der Waals surface area contributed by atoms with Gasteiger partial charge in [-0.25, -0.2) is 14.4 Å². The molecule has 0 spiro atoms. The molecular formula is C20H18ClFN4O. The summed E-state index contributed by atoms with van der Waals surface area (Å²) in [6.07, 6.45) is 0. The predicted molar refractivity (Wildman–Crippen MR) is 103 cm³/mol. The van der Waals surface area contributed by atoms with Crippen molar-refractivity contribution in [3.8, 4) is 11.5 Å². The molecule has 138 valence electrons. The average Bonchev–Trinajstić information content (AvgIpc) is 3.18. The molecule has 0 aliphatic rings. The van der Waals surface area contributed by atoms with Gasteiger partial charge in [0.2, 0.25) is 5.89 Å². The number of benzene rings is 2. The summed E-state index contributed by atoms with van der Waals surface area (Å²) in [5.41, 5.74) is 3.06. The van der Waals surface area contributed by atoms with Crippen LogP contribution in [-0.2, 0) is 13.1 Å². The minimum atomic E-state index is -0.281. The first kappa shape index (κ1) is 17.7. The van der Waals surface area contributed by atoms with Crippen molar-refractivity contribution in [3.05, 3.63) is 70.6 Å². The Morgan fingerprint density at radius 1 is 1.15 bits per heavy atom. The molecule has 0 amide bonds. The molecule has 0 fully saturated rings. The van der Waals surface area contributed by atoms with Gasteiger partial charge in [-0.1, -0.05) is 23.7 Å². The molecule has 0 aliphatic carbocycles. The second-order valence-corrected chi connectivity index (χ2v) is 6.93. The van der Waals surface area contributed by atoms with Crippen LogP contribution in [0.4, 0.5) is 4.39 Å². The average molecular weight is 385 g/mol. The number of H-pyrrole nitrogens is 1. The summed E-state index contributed by atoms with van der Waals surface area (Å²) in [5, 5.41) is 0.605. The molecule has 4 rings (SSSR count). The molecule has 1 N–H and O–H groups in total. The molecule has 2 aromatic heterocycles. The van der Waals surface area contributed by atoms with E-state index in [2.05, 4.69) is 19.9 Å². The number of rotatable bonds is 5. The summed E-state index contributed by atoms with van der Waals surface area (Å²) in [7, 11) is 1.97. The van der Waals surface area contributed by atoms with Crippen molar-refractivity contribution in [1.82, 2.24) is 19.9 Å². The number of oxazole rings is 1. The van der Waals surface area contributed by atoms with Crippen LogP contribution in [0.1, 0.15) is 17.3 Å². The van der Waals surface area contributed by atoms with E-state index in [9.17, 15) is 4.39 Å². The van der Waals surface area contributed by atoms with Crippen LogP contribution in [0, 0.1) is 12.7 Å². The van der Waals surface area contributed by atoms with E-state index in [0.29, 0.717) is 29.5 Å². The fourth-order valence-electron chi connectivity index (χ4n) is 3.00. The molecule has 0 saturated carbocycles. The van der Waals surface area contributed by atoms with Gasteiger partial charge in [0.05, 0.1) is 33.9 Å². The SMILES string of the molecule is Cc1oc(-c2ccccc2Cl)nc1CN(C)Cc1nc2ccc(F)cc2[nH]1. The van der Waals surface area contributed by atoms with E-state index in [1.165, 1.54) is 12.1 Å². The third kappa shape index (κ3) is 3.72. The van der Waals surface area contributed by atoms with Crippen LogP contribution in [0.3, 0.4) is 0 Å². The van der Waals surface area contributed by atoms with Gasteiger partial charge in [-0.15, -0.1) is 0 Å². The van der Waals surface area contributed by atoms with Gasteiger partial charge in [-0.05, 0) is 44.3 Å². The zero-order chi connectivity index (χ0) is 19.0. The second-order valence-electron chi connectivity index (χ2n) is 6.52. The van der Waals surface area contributed by atoms with E-state index >= 15 is 0 Å². The lowest BCUT2D eigenvalue weighted by Gasteiger charge is -2.13. The summed E-state index contributed by atoms with van der Waals surface area (Å²) in [6, 6.07) is 12.0. The molecule has 4 aromatic rings. The highest BCUT2D eigenvalue weighted by atomic mass is 35.5. The number of hydrogen-bond donors (Lipinski definition) is 1. The lowest BCUT2D eigenvalue weighted by atomic mass is 10.2. The topological polar surface area (TPSA) is 58.0 Å². The normalized spacial score (nSPS) is 11.6. The van der Waals surface area contributed by atoms with Crippen LogP contribution < -0.4 is 0 Å². The van der Waals surface area contributed by atoms with Crippen molar-refractivity contribution in [2.75, 3.05) is 7.05 Å². The molecule has 0 saturated heterocycles. The molecular weight excluding hydrogens is 367 g/mol. The van der Waals surface area contributed by atoms with Crippen LogP contribution in [0.25, 0.3) is 22.5 Å². The van der Waals surface area contributed by atoms with E-state index in [0.717, 1.165) is 28.4 Å². The zero-order valence-electron chi connectivity index (χ0n) is 15.0. The highest BCUT2D eigenvalue weighted by molar-refractivity contribution is 6.33. The van der Waals surface area contributed by atoms with Crippen LogP contribution in [-0.4, -0.2) is 26.9 Å². The van der Waals surface area contributed by atoms with Crippen molar-refractivity contribution in [2.45, 2.75) is 20.0 Å². The zero-order valence-corrected chi connectivity index (χ0v) is 15.7. The number of aromatic nitrogens is 3. The minimum absolute atomic E-state index is 0.281. The highest BCUT2D eigenvalue weighted by Crippen LogP contribution is 2.28. The molecule has 7 heteroatoms. The van der Waals surface area contributed by atoms with Crippen LogP contribution in [0.15, 0.2) is 46.9 Å². The number of nitrogens with zero attached hydrogens (tertiary/aromatic N) is 3. The smallest absolute Gasteiger partial charge is 0.228 e. The van der Waals surface area contributed by atoms with Crippen LogP contribution in [0.5, 0.6) is 0 Å². The monoisotopic (exact) mass is 384 g/mol. The van der Waals surface area contributed by atoms with Crippen molar-refractivity contribution in [3.63, 3.8) is 0 Å². The Hall–Kier alpha value is -2.70. The largest absolute Gasteiger partial charge is 0.441 e. The number of aromatic amines is 1. The Balaban J connectivity index is 1.50. The summed E-state index contributed by atoms with van der Waals surface area (Å²) in [6.45, 7) is 3.05. The van der Waals surface area contributed by atoms with E-state index < -0.39 is 0 Å². The van der Waals surface area contributed by atoms with Crippen LogP contribution >= 0.6 is 11.6 Å². The van der Waals surface area contributed by atoms with E-state index in [1.54, 1.807) is 6.07 Å². The van der Waals surface area contributed by atoms with Gasteiger partial charge in [0.15, 0.2) is 0 Å². The number of halogens is 2. The first-order valence-corrected chi connectivity index (χ1v) is 8.91. The number of imidazole rings is 1. The van der Waals surface area contributed by atoms with Crippen LogP contribution in [0.2, 0.25) is 5.02 Å². The van der Waals surface area contributed by atoms with Gasteiger partial charge < -0.3 is 9.40 Å². The molecule has 0 radical (unpaired) electrons. The van der Waals surface area contributed by atoms with Crippen molar-refractivity contribution in [2.24, 2.45) is 0 Å². The number of fused-ring (bicyclic) bond motifs is 1. The van der Waals surface area contributed by atoms with Gasteiger partial charge >= 0.3 is 0 Å². The lowest BCUT2D eigenvalue weighted by Crippen LogP contribution is -2.18. The molecule has 0 unspecified atom stereocenters. The van der Waals surface area contributed by atoms with E-state index in [1.807, 2.05) is 38.2 Å². The third-order valence-electron chi connectivity index (χ3n) is 4.33. The minimum Gasteiger partial charge on any atom is -0.441 e. The number of hydrogen-bond acceptors (Lipinski definition) is 4. The molecule has 2 heterocycles. The fourth-order valence-corrected chi connectivity index (χ4v) is 3.22. The first-order valence-electron chi connectivity index (χ1n) is 8.53. The molecule has 0 bridgehead atoms. The first-order chi connectivity index (χ1) is 13.0. The van der Waals surface area contributed by atoms with E-state index in [-0.39, 0.29) is 5.82 Å². The molecule has 0 atom stereocenters. The quantitative estimate of drug-likeness (QED) is 0.529. The Labute approximate surface area is 160 Å². The Kier molecular flexibility index (Phi) is 4.68. The van der Waals surface area contributed by atoms with Gasteiger partial charge in [0.25, 0.3) is 0 Å².